The van der Waals surface area contributed by atoms with Gasteiger partial charge in [0, 0.05) is 12.5 Å². The van der Waals surface area contributed by atoms with Crippen LogP contribution in [0.1, 0.15) is 13.3 Å². The first-order valence-corrected chi connectivity index (χ1v) is 5.53. The third kappa shape index (κ3) is 2.45. The van der Waals surface area contributed by atoms with Gasteiger partial charge in [-0.3, -0.25) is 9.59 Å². The second-order valence-electron chi connectivity index (χ2n) is 4.23. The Morgan fingerprint density at radius 3 is 2.94 bits per heavy atom. The van der Waals surface area contributed by atoms with Crippen molar-refractivity contribution in [3.05, 3.63) is 24.3 Å². The second-order valence-corrected chi connectivity index (χ2v) is 4.23. The van der Waals surface area contributed by atoms with E-state index in [1.165, 1.54) is 4.90 Å². The molecule has 1 atom stereocenters. The molecule has 1 aromatic carbocycles. The van der Waals surface area contributed by atoms with Gasteiger partial charge in [0.1, 0.15) is 6.54 Å². The molecule has 5 nitrogen and oxygen atoms in total. The number of fused-ring (bicyclic) bond motifs is 1. The Morgan fingerprint density at radius 2 is 2.24 bits per heavy atom. The first-order valence-electron chi connectivity index (χ1n) is 5.53. The Balaban J connectivity index is 2.29. The number of hydrogen-bond donors (Lipinski definition) is 2. The summed E-state index contributed by atoms with van der Waals surface area (Å²) < 4.78 is 0. The molecular weight excluding hydrogens is 218 g/mol. The van der Waals surface area contributed by atoms with Crippen molar-refractivity contribution in [2.24, 2.45) is 5.73 Å². The van der Waals surface area contributed by atoms with Gasteiger partial charge in [0.2, 0.25) is 11.8 Å². The van der Waals surface area contributed by atoms with E-state index in [4.69, 9.17) is 5.73 Å². The summed E-state index contributed by atoms with van der Waals surface area (Å²) in [5, 5.41) is 2.73. The fraction of sp³-hybridized carbons (Fsp3) is 0.333. The lowest BCUT2D eigenvalue weighted by Crippen LogP contribution is -2.43. The van der Waals surface area contributed by atoms with Crippen LogP contribution in [0.5, 0.6) is 0 Å². The van der Waals surface area contributed by atoms with Crippen LogP contribution in [0.25, 0.3) is 0 Å². The molecule has 0 aliphatic carbocycles. The Bertz CT molecular complexity index is 457. The maximum absolute atomic E-state index is 12.0. The monoisotopic (exact) mass is 233 g/mol. The van der Waals surface area contributed by atoms with Crippen molar-refractivity contribution >= 4 is 23.2 Å². The Morgan fingerprint density at radius 1 is 1.53 bits per heavy atom. The molecule has 0 saturated carbocycles. The van der Waals surface area contributed by atoms with E-state index in [2.05, 4.69) is 5.32 Å². The average molecular weight is 233 g/mol. The number of nitrogens with zero attached hydrogens (tertiary/aromatic N) is 1. The third-order valence-electron chi connectivity index (χ3n) is 2.57. The van der Waals surface area contributed by atoms with Crippen molar-refractivity contribution in [3.63, 3.8) is 0 Å². The average Bonchev–Trinajstić information content (AvgIpc) is 2.26. The predicted octanol–water partition coefficient (Wildman–Crippen LogP) is 0.709. The molecule has 5 heteroatoms. The lowest BCUT2D eigenvalue weighted by molar-refractivity contribution is -0.122. The van der Waals surface area contributed by atoms with Crippen LogP contribution in [0, 0.1) is 0 Å². The molecule has 1 aliphatic heterocycles. The van der Waals surface area contributed by atoms with Gasteiger partial charge >= 0.3 is 0 Å². The SMILES string of the molecule is CC(N)CC(=O)N1CC(=O)Nc2ccccc21. The zero-order chi connectivity index (χ0) is 12.4. The Labute approximate surface area is 99.6 Å². The van der Waals surface area contributed by atoms with Gasteiger partial charge in [0.25, 0.3) is 0 Å². The highest BCUT2D eigenvalue weighted by molar-refractivity contribution is 6.09. The topological polar surface area (TPSA) is 75.4 Å². The molecule has 0 saturated heterocycles. The summed E-state index contributed by atoms with van der Waals surface area (Å²) in [6.45, 7) is 1.83. The molecule has 1 heterocycles. The molecule has 2 amide bonds. The van der Waals surface area contributed by atoms with E-state index < -0.39 is 0 Å². The van der Waals surface area contributed by atoms with Crippen molar-refractivity contribution in [1.82, 2.24) is 0 Å². The van der Waals surface area contributed by atoms with Gasteiger partial charge in [0.05, 0.1) is 11.4 Å². The summed E-state index contributed by atoms with van der Waals surface area (Å²) in [5.74, 6) is -0.302. The van der Waals surface area contributed by atoms with Crippen molar-refractivity contribution in [3.8, 4) is 0 Å². The van der Waals surface area contributed by atoms with Gasteiger partial charge < -0.3 is 16.0 Å². The van der Waals surface area contributed by atoms with Crippen LogP contribution in [0.3, 0.4) is 0 Å². The van der Waals surface area contributed by atoms with E-state index >= 15 is 0 Å². The molecule has 2 rings (SSSR count). The molecule has 3 N–H and O–H groups in total. The van der Waals surface area contributed by atoms with Crippen LogP contribution < -0.4 is 16.0 Å². The normalized spacial score (nSPS) is 16.1. The molecule has 0 fully saturated rings. The van der Waals surface area contributed by atoms with Crippen molar-refractivity contribution in [2.45, 2.75) is 19.4 Å². The van der Waals surface area contributed by atoms with Crippen LogP contribution in [-0.4, -0.2) is 24.4 Å². The molecule has 0 aromatic heterocycles. The van der Waals surface area contributed by atoms with Crippen molar-refractivity contribution < 1.29 is 9.59 Å². The van der Waals surface area contributed by atoms with E-state index in [9.17, 15) is 9.59 Å². The van der Waals surface area contributed by atoms with Crippen LogP contribution in [0.2, 0.25) is 0 Å². The van der Waals surface area contributed by atoms with Gasteiger partial charge in [-0.2, -0.15) is 0 Å². The highest BCUT2D eigenvalue weighted by Crippen LogP contribution is 2.29. The highest BCUT2D eigenvalue weighted by Gasteiger charge is 2.26. The van der Waals surface area contributed by atoms with E-state index in [1.807, 2.05) is 18.2 Å². The highest BCUT2D eigenvalue weighted by atomic mass is 16.2. The molecule has 1 unspecified atom stereocenters. The smallest absolute Gasteiger partial charge is 0.244 e. The number of amides is 2. The van der Waals surface area contributed by atoms with Gasteiger partial charge in [0.15, 0.2) is 0 Å². The standard InChI is InChI=1S/C12H15N3O2/c1-8(13)6-12(17)15-7-11(16)14-9-4-2-3-5-10(9)15/h2-5,8H,6-7,13H2,1H3,(H,14,16). The van der Waals surface area contributed by atoms with Crippen LogP contribution in [-0.2, 0) is 9.59 Å². The van der Waals surface area contributed by atoms with E-state index in [1.54, 1.807) is 13.0 Å². The van der Waals surface area contributed by atoms with Gasteiger partial charge in [-0.05, 0) is 19.1 Å². The lowest BCUT2D eigenvalue weighted by Gasteiger charge is -2.29. The minimum absolute atomic E-state index is 0.0581. The fourth-order valence-electron chi connectivity index (χ4n) is 1.84. The van der Waals surface area contributed by atoms with E-state index in [0.717, 1.165) is 5.69 Å². The number of carbonyl (C=O) groups is 2. The minimum Gasteiger partial charge on any atom is -0.327 e. The summed E-state index contributed by atoms with van der Waals surface area (Å²) in [4.78, 5) is 25.0. The van der Waals surface area contributed by atoms with E-state index in [0.29, 0.717) is 5.69 Å². The number of rotatable bonds is 2. The molecule has 1 aromatic rings. The Hall–Kier alpha value is -1.88. The van der Waals surface area contributed by atoms with E-state index in [-0.39, 0.29) is 30.8 Å². The summed E-state index contributed by atoms with van der Waals surface area (Å²) in [5.41, 5.74) is 7.01. The first-order chi connectivity index (χ1) is 8.08. The summed E-state index contributed by atoms with van der Waals surface area (Å²) in [7, 11) is 0. The van der Waals surface area contributed by atoms with Gasteiger partial charge in [-0.25, -0.2) is 0 Å². The molecular formula is C12H15N3O2. The number of para-hydroxylation sites is 2. The number of nitrogens with two attached hydrogens (primary N) is 1. The van der Waals surface area contributed by atoms with Crippen LogP contribution in [0.15, 0.2) is 24.3 Å². The maximum atomic E-state index is 12.0. The van der Waals surface area contributed by atoms with Crippen molar-refractivity contribution in [2.75, 3.05) is 16.8 Å². The Kier molecular flexibility index (Phi) is 3.10. The largest absolute Gasteiger partial charge is 0.327 e. The predicted molar refractivity (Wildman–Crippen MR) is 65.7 cm³/mol. The first kappa shape index (κ1) is 11.6. The molecule has 1 aliphatic rings. The zero-order valence-corrected chi connectivity index (χ0v) is 9.64. The molecule has 90 valence electrons. The van der Waals surface area contributed by atoms with Gasteiger partial charge in [-0.1, -0.05) is 12.1 Å². The zero-order valence-electron chi connectivity index (χ0n) is 9.64. The number of nitrogens with one attached hydrogen (secondary N) is 1. The number of anilines is 2. The minimum atomic E-state index is -0.209. The third-order valence-corrected chi connectivity index (χ3v) is 2.57. The number of benzene rings is 1. The van der Waals surface area contributed by atoms with Gasteiger partial charge in [-0.15, -0.1) is 0 Å². The lowest BCUT2D eigenvalue weighted by atomic mass is 10.1. The maximum Gasteiger partial charge on any atom is 0.244 e. The summed E-state index contributed by atoms with van der Waals surface area (Å²) >= 11 is 0. The van der Waals surface area contributed by atoms with Crippen molar-refractivity contribution in [1.29, 1.82) is 0 Å². The molecule has 17 heavy (non-hydrogen) atoms. The van der Waals surface area contributed by atoms with Crippen LogP contribution in [0.4, 0.5) is 11.4 Å². The number of carbonyl (C=O) groups excluding carboxylic acids is 2. The number of hydrogen-bond acceptors (Lipinski definition) is 3. The second kappa shape index (κ2) is 4.55. The van der Waals surface area contributed by atoms with Crippen LogP contribution >= 0.6 is 0 Å². The molecule has 0 bridgehead atoms. The summed E-state index contributed by atoms with van der Waals surface area (Å²) in [6, 6.07) is 7.03. The quantitative estimate of drug-likeness (QED) is 0.789. The molecule has 0 spiro atoms. The fourth-order valence-corrected chi connectivity index (χ4v) is 1.84. The summed E-state index contributed by atoms with van der Waals surface area (Å²) in [6.07, 6.45) is 0.238. The molecule has 0 radical (unpaired) electrons.